The van der Waals surface area contributed by atoms with E-state index in [2.05, 4.69) is 11.9 Å². The lowest BCUT2D eigenvalue weighted by atomic mass is 10.1. The van der Waals surface area contributed by atoms with Crippen LogP contribution in [0.15, 0.2) is 42.9 Å². The van der Waals surface area contributed by atoms with Crippen LogP contribution in [0.5, 0.6) is 0 Å². The molecule has 1 aromatic carbocycles. The van der Waals surface area contributed by atoms with E-state index in [1.165, 1.54) is 0 Å². The minimum absolute atomic E-state index is 0.698. The molecular formula is C16H19N5. The van der Waals surface area contributed by atoms with Gasteiger partial charge in [-0.1, -0.05) is 31.5 Å². The lowest BCUT2D eigenvalue weighted by molar-refractivity contribution is 0.891. The van der Waals surface area contributed by atoms with Crippen molar-refractivity contribution in [2.24, 2.45) is 7.05 Å². The molecule has 2 heterocycles. The summed E-state index contributed by atoms with van der Waals surface area (Å²) in [4.78, 5) is 4.41. The van der Waals surface area contributed by atoms with Crippen LogP contribution in [0.3, 0.4) is 0 Å². The molecule has 108 valence electrons. The molecule has 0 spiro atoms. The van der Waals surface area contributed by atoms with Gasteiger partial charge in [0.2, 0.25) is 0 Å². The highest BCUT2D eigenvalue weighted by molar-refractivity contribution is 5.66. The second-order valence-corrected chi connectivity index (χ2v) is 5.13. The first-order valence-electron chi connectivity index (χ1n) is 7.11. The van der Waals surface area contributed by atoms with Crippen molar-refractivity contribution in [1.29, 1.82) is 0 Å². The number of rotatable bonds is 4. The Balaban J connectivity index is 2.16. The zero-order valence-electron chi connectivity index (χ0n) is 12.3. The number of anilines is 1. The van der Waals surface area contributed by atoms with Crippen LogP contribution < -0.4 is 5.73 Å². The van der Waals surface area contributed by atoms with Crippen molar-refractivity contribution in [3.8, 4) is 17.1 Å². The number of para-hydroxylation sites is 1. The van der Waals surface area contributed by atoms with E-state index in [9.17, 15) is 0 Å². The van der Waals surface area contributed by atoms with Crippen molar-refractivity contribution in [2.75, 3.05) is 5.73 Å². The Hall–Kier alpha value is -2.56. The van der Waals surface area contributed by atoms with Gasteiger partial charge < -0.3 is 10.3 Å². The van der Waals surface area contributed by atoms with Crippen LogP contribution >= 0.6 is 0 Å². The summed E-state index contributed by atoms with van der Waals surface area (Å²) in [6.07, 6.45) is 5.66. The normalized spacial score (nSPS) is 11.0. The van der Waals surface area contributed by atoms with E-state index in [0.29, 0.717) is 5.82 Å². The van der Waals surface area contributed by atoms with Gasteiger partial charge in [-0.3, -0.25) is 0 Å². The van der Waals surface area contributed by atoms with Crippen LogP contribution in [-0.4, -0.2) is 19.3 Å². The molecule has 0 fully saturated rings. The van der Waals surface area contributed by atoms with Gasteiger partial charge in [0.1, 0.15) is 17.2 Å². The van der Waals surface area contributed by atoms with E-state index in [4.69, 9.17) is 10.8 Å². The lowest BCUT2D eigenvalue weighted by Crippen LogP contribution is -2.02. The molecule has 21 heavy (non-hydrogen) atoms. The molecule has 3 aromatic rings. The zero-order valence-corrected chi connectivity index (χ0v) is 12.3. The number of aromatic nitrogens is 4. The Morgan fingerprint density at radius 2 is 1.95 bits per heavy atom. The largest absolute Gasteiger partial charge is 0.383 e. The molecule has 2 N–H and O–H groups in total. The maximum absolute atomic E-state index is 6.33. The van der Waals surface area contributed by atoms with Crippen molar-refractivity contribution in [3.05, 3.63) is 48.4 Å². The van der Waals surface area contributed by atoms with Crippen molar-refractivity contribution in [2.45, 2.75) is 19.8 Å². The van der Waals surface area contributed by atoms with Crippen molar-refractivity contribution in [1.82, 2.24) is 19.3 Å². The fraction of sp³-hybridized carbons (Fsp3) is 0.250. The molecule has 0 amide bonds. The van der Waals surface area contributed by atoms with Gasteiger partial charge in [-0.25, -0.2) is 9.67 Å². The van der Waals surface area contributed by atoms with Crippen molar-refractivity contribution >= 4 is 5.82 Å². The van der Waals surface area contributed by atoms with Gasteiger partial charge in [0.05, 0.1) is 12.0 Å². The Morgan fingerprint density at radius 1 is 1.19 bits per heavy atom. The van der Waals surface area contributed by atoms with Crippen LogP contribution in [0.25, 0.3) is 17.1 Å². The minimum atomic E-state index is 0.698. The van der Waals surface area contributed by atoms with Crippen LogP contribution in [0, 0.1) is 0 Å². The van der Waals surface area contributed by atoms with E-state index in [-0.39, 0.29) is 0 Å². The van der Waals surface area contributed by atoms with Gasteiger partial charge in [-0.2, -0.15) is 5.10 Å². The highest BCUT2D eigenvalue weighted by Gasteiger charge is 2.18. The molecule has 0 saturated heterocycles. The predicted molar refractivity (Wildman–Crippen MR) is 84.2 cm³/mol. The third kappa shape index (κ3) is 2.42. The summed E-state index contributed by atoms with van der Waals surface area (Å²) >= 11 is 0. The van der Waals surface area contributed by atoms with E-state index in [1.54, 1.807) is 11.0 Å². The average Bonchev–Trinajstić information content (AvgIpc) is 3.06. The highest BCUT2D eigenvalue weighted by atomic mass is 15.3. The summed E-state index contributed by atoms with van der Waals surface area (Å²) in [5.74, 6) is 0.698. The van der Waals surface area contributed by atoms with Crippen LogP contribution in [-0.2, 0) is 13.5 Å². The number of hydrogen-bond acceptors (Lipinski definition) is 3. The van der Waals surface area contributed by atoms with Crippen molar-refractivity contribution in [3.63, 3.8) is 0 Å². The molecule has 3 rings (SSSR count). The second kappa shape index (κ2) is 5.44. The standard InChI is InChI=1S/C16H19N5/c1-3-7-13-15(14-10-20(2)11-18-14)19-21(16(13)17)12-8-5-4-6-9-12/h4-6,8-11H,3,7,17H2,1-2H3. The molecule has 0 bridgehead atoms. The summed E-state index contributed by atoms with van der Waals surface area (Å²) in [6.45, 7) is 2.14. The van der Waals surface area contributed by atoms with Gasteiger partial charge in [-0.15, -0.1) is 0 Å². The fourth-order valence-corrected chi connectivity index (χ4v) is 2.47. The van der Waals surface area contributed by atoms with Crippen LogP contribution in [0.2, 0.25) is 0 Å². The number of nitrogen functional groups attached to an aromatic ring is 1. The summed E-state index contributed by atoms with van der Waals surface area (Å²) < 4.78 is 3.72. The SMILES string of the molecule is CCCc1c(-c2cn(C)cn2)nn(-c2ccccc2)c1N. The van der Waals surface area contributed by atoms with Gasteiger partial charge in [0, 0.05) is 18.8 Å². The minimum Gasteiger partial charge on any atom is -0.383 e. The summed E-state index contributed by atoms with van der Waals surface area (Å²) in [6, 6.07) is 9.95. The van der Waals surface area contributed by atoms with Gasteiger partial charge in [0.25, 0.3) is 0 Å². The summed E-state index contributed by atoms with van der Waals surface area (Å²) in [5, 5.41) is 4.70. The average molecular weight is 281 g/mol. The monoisotopic (exact) mass is 281 g/mol. The van der Waals surface area contributed by atoms with Crippen LogP contribution in [0.4, 0.5) is 5.82 Å². The zero-order chi connectivity index (χ0) is 14.8. The topological polar surface area (TPSA) is 61.7 Å². The third-order valence-electron chi connectivity index (χ3n) is 3.47. The number of nitrogens with two attached hydrogens (primary N) is 1. The van der Waals surface area contributed by atoms with E-state index >= 15 is 0 Å². The summed E-state index contributed by atoms with van der Waals surface area (Å²) in [5.41, 5.74) is 10.1. The predicted octanol–water partition coefficient (Wildman–Crippen LogP) is 2.81. The molecule has 0 unspecified atom stereocenters. The highest BCUT2D eigenvalue weighted by Crippen LogP contribution is 2.29. The first kappa shape index (κ1) is 13.4. The quantitative estimate of drug-likeness (QED) is 0.800. The Kier molecular flexibility index (Phi) is 3.48. The second-order valence-electron chi connectivity index (χ2n) is 5.13. The fourth-order valence-electron chi connectivity index (χ4n) is 2.47. The van der Waals surface area contributed by atoms with E-state index in [1.807, 2.05) is 48.1 Å². The third-order valence-corrected chi connectivity index (χ3v) is 3.47. The number of hydrogen-bond donors (Lipinski definition) is 1. The van der Waals surface area contributed by atoms with E-state index < -0.39 is 0 Å². The Bertz CT molecular complexity index is 739. The molecule has 0 aliphatic rings. The smallest absolute Gasteiger partial charge is 0.131 e. The number of nitrogens with zero attached hydrogens (tertiary/aromatic N) is 4. The van der Waals surface area contributed by atoms with Gasteiger partial charge in [0.15, 0.2) is 0 Å². The first-order chi connectivity index (χ1) is 10.2. The molecule has 2 aromatic heterocycles. The maximum Gasteiger partial charge on any atom is 0.131 e. The molecule has 0 radical (unpaired) electrons. The Morgan fingerprint density at radius 3 is 2.57 bits per heavy atom. The van der Waals surface area contributed by atoms with Gasteiger partial charge >= 0.3 is 0 Å². The number of benzene rings is 1. The maximum atomic E-state index is 6.33. The summed E-state index contributed by atoms with van der Waals surface area (Å²) in [7, 11) is 1.95. The molecule has 5 nitrogen and oxygen atoms in total. The Labute approximate surface area is 124 Å². The number of imidazole rings is 1. The van der Waals surface area contributed by atoms with Crippen LogP contribution in [0.1, 0.15) is 18.9 Å². The lowest BCUT2D eigenvalue weighted by Gasteiger charge is -2.04. The first-order valence-corrected chi connectivity index (χ1v) is 7.11. The number of aryl methyl sites for hydroxylation is 1. The van der Waals surface area contributed by atoms with Gasteiger partial charge in [-0.05, 0) is 18.6 Å². The van der Waals surface area contributed by atoms with Crippen molar-refractivity contribution < 1.29 is 0 Å². The molecular weight excluding hydrogens is 262 g/mol. The molecule has 0 aliphatic carbocycles. The molecule has 5 heteroatoms. The molecule has 0 saturated carbocycles. The molecule has 0 aliphatic heterocycles. The molecule has 0 atom stereocenters. The van der Waals surface area contributed by atoms with E-state index in [0.717, 1.165) is 35.5 Å².